The summed E-state index contributed by atoms with van der Waals surface area (Å²) in [6.45, 7) is 0.880. The van der Waals surface area contributed by atoms with Crippen molar-refractivity contribution in [1.82, 2.24) is 0 Å². The Balaban J connectivity index is 1.76. The number of rotatable bonds is 5. The van der Waals surface area contributed by atoms with Gasteiger partial charge in [-0.25, -0.2) is 0 Å². The van der Waals surface area contributed by atoms with Crippen molar-refractivity contribution in [3.63, 3.8) is 0 Å². The van der Waals surface area contributed by atoms with Crippen LogP contribution in [0.5, 0.6) is 0 Å². The first kappa shape index (κ1) is 12.9. The molecule has 1 aliphatic heterocycles. The Bertz CT molecular complexity index is 348. The fourth-order valence-corrected chi connectivity index (χ4v) is 2.48. The average molecular weight is 255 g/mol. The van der Waals surface area contributed by atoms with Crippen molar-refractivity contribution in [1.29, 1.82) is 0 Å². The molecule has 2 atom stereocenters. The lowest BCUT2D eigenvalue weighted by Gasteiger charge is -2.14. The molecular formula is C14H19ClO2. The molecule has 0 aliphatic carbocycles. The molecule has 17 heavy (non-hydrogen) atoms. The van der Waals surface area contributed by atoms with E-state index in [0.29, 0.717) is 12.5 Å². The normalized spacial score (nSPS) is 21.6. The molecule has 1 saturated heterocycles. The summed E-state index contributed by atoms with van der Waals surface area (Å²) >= 11 is 6.06. The van der Waals surface area contributed by atoms with Gasteiger partial charge in [-0.15, -0.1) is 0 Å². The predicted octanol–water partition coefficient (Wildman–Crippen LogP) is 3.20. The van der Waals surface area contributed by atoms with Crippen molar-refractivity contribution in [2.24, 2.45) is 0 Å². The van der Waals surface area contributed by atoms with Crippen LogP contribution in [0.1, 0.15) is 31.2 Å². The number of aliphatic hydroxyl groups excluding tert-OH is 1. The van der Waals surface area contributed by atoms with E-state index in [-0.39, 0.29) is 6.10 Å². The van der Waals surface area contributed by atoms with Gasteiger partial charge < -0.3 is 9.84 Å². The number of halogens is 1. The molecule has 0 spiro atoms. The number of aliphatic hydroxyl groups is 1. The van der Waals surface area contributed by atoms with Crippen molar-refractivity contribution in [3.05, 3.63) is 34.9 Å². The largest absolute Gasteiger partial charge is 0.393 e. The summed E-state index contributed by atoms with van der Waals surface area (Å²) in [4.78, 5) is 0. The SMILES string of the molecule is OC(CCC1CCCO1)Cc1ccccc1Cl. The van der Waals surface area contributed by atoms with Gasteiger partial charge in [0.15, 0.2) is 0 Å². The van der Waals surface area contributed by atoms with Crippen molar-refractivity contribution >= 4 is 11.6 Å². The van der Waals surface area contributed by atoms with Crippen molar-refractivity contribution in [2.45, 2.75) is 44.3 Å². The summed E-state index contributed by atoms with van der Waals surface area (Å²) in [7, 11) is 0. The van der Waals surface area contributed by atoms with Gasteiger partial charge in [0.25, 0.3) is 0 Å². The number of hydrogen-bond donors (Lipinski definition) is 1. The maximum atomic E-state index is 9.97. The molecule has 2 rings (SSSR count). The second-order valence-electron chi connectivity index (χ2n) is 4.66. The lowest BCUT2D eigenvalue weighted by atomic mass is 10.0. The maximum absolute atomic E-state index is 9.97. The van der Waals surface area contributed by atoms with Crippen LogP contribution in [-0.4, -0.2) is 23.9 Å². The Kier molecular flexibility index (Phi) is 4.84. The summed E-state index contributed by atoms with van der Waals surface area (Å²) in [6.07, 6.45) is 4.70. The topological polar surface area (TPSA) is 29.5 Å². The highest BCUT2D eigenvalue weighted by Gasteiger charge is 2.17. The minimum absolute atomic E-state index is 0.320. The number of ether oxygens (including phenoxy) is 1. The Labute approximate surface area is 108 Å². The zero-order chi connectivity index (χ0) is 12.1. The zero-order valence-electron chi connectivity index (χ0n) is 9.94. The van der Waals surface area contributed by atoms with Crippen LogP contribution in [0.25, 0.3) is 0 Å². The summed E-state index contributed by atoms with van der Waals surface area (Å²) in [6, 6.07) is 7.69. The van der Waals surface area contributed by atoms with Crippen molar-refractivity contribution in [2.75, 3.05) is 6.61 Å². The van der Waals surface area contributed by atoms with Crippen LogP contribution in [0.3, 0.4) is 0 Å². The van der Waals surface area contributed by atoms with Gasteiger partial charge in [0.2, 0.25) is 0 Å². The quantitative estimate of drug-likeness (QED) is 0.874. The third-order valence-electron chi connectivity index (χ3n) is 3.26. The van der Waals surface area contributed by atoms with E-state index in [1.165, 1.54) is 0 Å². The van der Waals surface area contributed by atoms with Crippen molar-refractivity contribution in [3.8, 4) is 0 Å². The molecule has 1 aromatic rings. The van der Waals surface area contributed by atoms with E-state index >= 15 is 0 Å². The molecule has 1 fully saturated rings. The van der Waals surface area contributed by atoms with E-state index in [0.717, 1.165) is 42.9 Å². The molecule has 1 heterocycles. The molecule has 0 amide bonds. The average Bonchev–Trinajstić information content (AvgIpc) is 2.82. The van der Waals surface area contributed by atoms with Crippen LogP contribution in [0, 0.1) is 0 Å². The molecule has 94 valence electrons. The molecule has 1 N–H and O–H groups in total. The third-order valence-corrected chi connectivity index (χ3v) is 3.63. The first-order chi connectivity index (χ1) is 8.25. The van der Waals surface area contributed by atoms with Gasteiger partial charge in [-0.05, 0) is 43.7 Å². The predicted molar refractivity (Wildman–Crippen MR) is 69.4 cm³/mol. The Morgan fingerprint density at radius 1 is 1.41 bits per heavy atom. The lowest BCUT2D eigenvalue weighted by Crippen LogP contribution is -2.15. The summed E-state index contributed by atoms with van der Waals surface area (Å²) < 4.78 is 5.54. The molecule has 2 nitrogen and oxygen atoms in total. The molecule has 0 aromatic heterocycles. The van der Waals surface area contributed by atoms with E-state index in [2.05, 4.69) is 0 Å². The van der Waals surface area contributed by atoms with Gasteiger partial charge in [0.1, 0.15) is 0 Å². The first-order valence-electron chi connectivity index (χ1n) is 6.29. The first-order valence-corrected chi connectivity index (χ1v) is 6.66. The van der Waals surface area contributed by atoms with Crippen LogP contribution in [0.15, 0.2) is 24.3 Å². The van der Waals surface area contributed by atoms with Gasteiger partial charge in [0.05, 0.1) is 12.2 Å². The van der Waals surface area contributed by atoms with Gasteiger partial charge in [-0.2, -0.15) is 0 Å². The minimum Gasteiger partial charge on any atom is -0.393 e. The van der Waals surface area contributed by atoms with Crippen molar-refractivity contribution < 1.29 is 9.84 Å². The van der Waals surface area contributed by atoms with E-state index in [4.69, 9.17) is 16.3 Å². The van der Waals surface area contributed by atoms with E-state index < -0.39 is 0 Å². The fraction of sp³-hybridized carbons (Fsp3) is 0.571. The van der Waals surface area contributed by atoms with Crippen LogP contribution in [-0.2, 0) is 11.2 Å². The Hall–Kier alpha value is -0.570. The molecule has 1 aromatic carbocycles. The Morgan fingerprint density at radius 3 is 2.94 bits per heavy atom. The fourth-order valence-electron chi connectivity index (χ4n) is 2.27. The summed E-state index contributed by atoms with van der Waals surface area (Å²) in [5.74, 6) is 0. The molecular weight excluding hydrogens is 236 g/mol. The van der Waals surface area contributed by atoms with E-state index in [9.17, 15) is 5.11 Å². The molecule has 2 unspecified atom stereocenters. The van der Waals surface area contributed by atoms with Gasteiger partial charge >= 0.3 is 0 Å². The molecule has 0 bridgehead atoms. The zero-order valence-corrected chi connectivity index (χ0v) is 10.7. The van der Waals surface area contributed by atoms with Crippen LogP contribution >= 0.6 is 11.6 Å². The van der Waals surface area contributed by atoms with E-state index in [1.54, 1.807) is 0 Å². The molecule has 1 aliphatic rings. The van der Waals surface area contributed by atoms with Crippen LogP contribution in [0.4, 0.5) is 0 Å². The molecule has 0 saturated carbocycles. The van der Waals surface area contributed by atoms with Gasteiger partial charge in [-0.3, -0.25) is 0 Å². The molecule has 0 radical (unpaired) electrons. The third kappa shape index (κ3) is 3.98. The number of benzene rings is 1. The van der Waals surface area contributed by atoms with Gasteiger partial charge in [-0.1, -0.05) is 29.8 Å². The second kappa shape index (κ2) is 6.39. The van der Waals surface area contributed by atoms with E-state index in [1.807, 2.05) is 24.3 Å². The smallest absolute Gasteiger partial charge is 0.0582 e. The highest BCUT2D eigenvalue weighted by atomic mass is 35.5. The Morgan fingerprint density at radius 2 is 2.24 bits per heavy atom. The van der Waals surface area contributed by atoms with Crippen LogP contribution < -0.4 is 0 Å². The molecule has 3 heteroatoms. The summed E-state index contributed by atoms with van der Waals surface area (Å²) in [5.41, 5.74) is 1.02. The standard InChI is InChI=1S/C14H19ClO2/c15-14-6-2-1-4-11(14)10-12(16)7-8-13-5-3-9-17-13/h1-2,4,6,12-13,16H,3,5,7-10H2. The highest BCUT2D eigenvalue weighted by Crippen LogP contribution is 2.21. The maximum Gasteiger partial charge on any atom is 0.0582 e. The highest BCUT2D eigenvalue weighted by molar-refractivity contribution is 6.31. The summed E-state index contributed by atoms with van der Waals surface area (Å²) in [5, 5.41) is 10.7. The number of hydrogen-bond acceptors (Lipinski definition) is 2. The van der Waals surface area contributed by atoms with Gasteiger partial charge in [0, 0.05) is 11.6 Å². The van der Waals surface area contributed by atoms with Crippen LogP contribution in [0.2, 0.25) is 5.02 Å². The minimum atomic E-state index is -0.320. The lowest BCUT2D eigenvalue weighted by molar-refractivity contribution is 0.0813. The monoisotopic (exact) mass is 254 g/mol. The second-order valence-corrected chi connectivity index (χ2v) is 5.07.